The van der Waals surface area contributed by atoms with Gasteiger partial charge in [-0.3, -0.25) is 4.21 Å². The lowest BCUT2D eigenvalue weighted by Crippen LogP contribution is -2.32. The Balaban J connectivity index is 2.18. The van der Waals surface area contributed by atoms with E-state index in [0.717, 1.165) is 12.8 Å². The van der Waals surface area contributed by atoms with E-state index in [2.05, 4.69) is 12.2 Å². The Kier molecular flexibility index (Phi) is 4.66. The van der Waals surface area contributed by atoms with Crippen molar-refractivity contribution < 1.29 is 12.6 Å². The van der Waals surface area contributed by atoms with Crippen LogP contribution in [0.1, 0.15) is 19.8 Å². The van der Waals surface area contributed by atoms with E-state index >= 15 is 0 Å². The molecule has 1 fully saturated rings. The predicted molar refractivity (Wildman–Crippen MR) is 81.0 cm³/mol. The maximum Gasteiger partial charge on any atom is 0.175 e. The summed E-state index contributed by atoms with van der Waals surface area (Å²) < 4.78 is 35.5. The topological polar surface area (TPSA) is 63.2 Å². The van der Waals surface area contributed by atoms with Crippen LogP contribution in [0.3, 0.4) is 0 Å². The number of hydrogen-bond acceptors (Lipinski definition) is 4. The smallest absolute Gasteiger partial charge is 0.175 e. The number of hydrogen-bond donors (Lipinski definition) is 1. The molecule has 1 aliphatic carbocycles. The van der Waals surface area contributed by atoms with Crippen LogP contribution >= 0.6 is 0 Å². The van der Waals surface area contributed by atoms with Crippen LogP contribution in [0.15, 0.2) is 34.1 Å². The van der Waals surface area contributed by atoms with Crippen molar-refractivity contribution in [2.24, 2.45) is 5.92 Å². The molecule has 2 rings (SSSR count). The first-order valence-corrected chi connectivity index (χ1v) is 9.83. The van der Waals surface area contributed by atoms with Gasteiger partial charge in [-0.2, -0.15) is 0 Å². The fraction of sp³-hybridized carbons (Fsp3) is 0.571. The van der Waals surface area contributed by atoms with Gasteiger partial charge in [-0.25, -0.2) is 8.42 Å². The number of benzene rings is 1. The Hall–Kier alpha value is -0.720. The third kappa shape index (κ3) is 3.13. The molecule has 1 aromatic carbocycles. The first-order valence-electron chi connectivity index (χ1n) is 6.72. The van der Waals surface area contributed by atoms with Crippen LogP contribution in [0, 0.1) is 5.92 Å². The first kappa shape index (κ1) is 15.7. The van der Waals surface area contributed by atoms with Gasteiger partial charge in [0.1, 0.15) is 0 Å². The van der Waals surface area contributed by atoms with E-state index in [1.807, 2.05) is 7.05 Å². The minimum absolute atomic E-state index is 0.136. The van der Waals surface area contributed by atoms with Gasteiger partial charge in [-0.15, -0.1) is 0 Å². The molecule has 0 saturated heterocycles. The zero-order chi connectivity index (χ0) is 14.9. The van der Waals surface area contributed by atoms with Crippen LogP contribution < -0.4 is 5.32 Å². The van der Waals surface area contributed by atoms with Gasteiger partial charge in [0.25, 0.3) is 0 Å². The summed E-state index contributed by atoms with van der Waals surface area (Å²) in [5.74, 6) is 0.357. The van der Waals surface area contributed by atoms with Crippen molar-refractivity contribution in [2.75, 3.05) is 13.3 Å². The molecule has 0 bridgehead atoms. The van der Waals surface area contributed by atoms with Crippen LogP contribution in [0.25, 0.3) is 0 Å². The van der Waals surface area contributed by atoms with Gasteiger partial charge < -0.3 is 5.32 Å². The summed E-state index contributed by atoms with van der Waals surface area (Å²) in [6, 6.07) is 6.84. The molecule has 1 aromatic rings. The molecular weight excluding hydrogens is 294 g/mol. The lowest BCUT2D eigenvalue weighted by molar-refractivity contribution is 0.460. The van der Waals surface area contributed by atoms with Crippen LogP contribution in [0.4, 0.5) is 0 Å². The van der Waals surface area contributed by atoms with Gasteiger partial charge in [-0.05, 0) is 50.1 Å². The Bertz CT molecular complexity index is 595. The number of rotatable bonds is 4. The van der Waals surface area contributed by atoms with E-state index < -0.39 is 20.6 Å². The highest BCUT2D eigenvalue weighted by atomic mass is 32.2. The molecular formula is C14H21NO3S2. The normalized spacial score (nSPS) is 28.4. The molecule has 0 heterocycles. The molecule has 112 valence electrons. The summed E-state index contributed by atoms with van der Waals surface area (Å²) in [5.41, 5.74) is 0. The van der Waals surface area contributed by atoms with Gasteiger partial charge in [0.05, 0.1) is 15.7 Å². The lowest BCUT2D eigenvalue weighted by atomic mass is 10.1. The minimum atomic E-state index is -3.20. The van der Waals surface area contributed by atoms with Crippen molar-refractivity contribution in [1.29, 1.82) is 0 Å². The molecule has 1 saturated carbocycles. The van der Waals surface area contributed by atoms with Gasteiger partial charge in [-0.1, -0.05) is 6.92 Å². The molecule has 4 nitrogen and oxygen atoms in total. The molecule has 0 aliphatic heterocycles. The van der Waals surface area contributed by atoms with Crippen LogP contribution in [0.2, 0.25) is 0 Å². The average molecular weight is 315 g/mol. The Morgan fingerprint density at radius 1 is 1.20 bits per heavy atom. The Labute approximate surface area is 123 Å². The molecule has 4 atom stereocenters. The van der Waals surface area contributed by atoms with E-state index in [1.54, 1.807) is 12.1 Å². The molecule has 4 unspecified atom stereocenters. The van der Waals surface area contributed by atoms with Gasteiger partial charge in [0.2, 0.25) is 0 Å². The molecule has 20 heavy (non-hydrogen) atoms. The molecule has 1 N–H and O–H groups in total. The monoisotopic (exact) mass is 315 g/mol. The highest BCUT2D eigenvalue weighted by Crippen LogP contribution is 2.32. The first-order chi connectivity index (χ1) is 9.34. The van der Waals surface area contributed by atoms with Crippen molar-refractivity contribution in [3.05, 3.63) is 24.3 Å². The van der Waals surface area contributed by atoms with Gasteiger partial charge in [0, 0.05) is 22.4 Å². The highest BCUT2D eigenvalue weighted by molar-refractivity contribution is 7.90. The summed E-state index contributed by atoms with van der Waals surface area (Å²) in [6.07, 6.45) is 3.15. The summed E-state index contributed by atoms with van der Waals surface area (Å²) in [5, 5.41) is 3.40. The zero-order valence-electron chi connectivity index (χ0n) is 12.0. The summed E-state index contributed by atoms with van der Waals surface area (Å²) >= 11 is 0. The summed E-state index contributed by atoms with van der Waals surface area (Å²) in [4.78, 5) is 0.983. The van der Waals surface area contributed by atoms with Crippen molar-refractivity contribution in [3.63, 3.8) is 0 Å². The third-order valence-electron chi connectivity index (χ3n) is 4.11. The van der Waals surface area contributed by atoms with E-state index in [9.17, 15) is 12.6 Å². The van der Waals surface area contributed by atoms with Crippen LogP contribution in [-0.4, -0.2) is 37.2 Å². The van der Waals surface area contributed by atoms with Gasteiger partial charge >= 0.3 is 0 Å². The maximum absolute atomic E-state index is 12.6. The molecule has 0 radical (unpaired) electrons. The standard InChI is InChI=1S/C14H21NO3S2/c1-10-13(15-2)8-9-14(10)19(16)11-4-6-12(7-5-11)20(3,17)18/h4-7,10,13-15H,8-9H2,1-3H3. The lowest BCUT2D eigenvalue weighted by Gasteiger charge is -2.19. The molecule has 0 spiro atoms. The Morgan fingerprint density at radius 3 is 2.25 bits per heavy atom. The van der Waals surface area contributed by atoms with E-state index in [1.165, 1.54) is 18.4 Å². The molecule has 0 aromatic heterocycles. The van der Waals surface area contributed by atoms with E-state index in [-0.39, 0.29) is 10.1 Å². The zero-order valence-corrected chi connectivity index (χ0v) is 13.6. The predicted octanol–water partition coefficient (Wildman–Crippen LogP) is 1.58. The van der Waals surface area contributed by atoms with E-state index in [4.69, 9.17) is 0 Å². The second-order valence-electron chi connectivity index (χ2n) is 5.41. The van der Waals surface area contributed by atoms with Crippen LogP contribution in [0.5, 0.6) is 0 Å². The van der Waals surface area contributed by atoms with E-state index in [0.29, 0.717) is 16.9 Å². The van der Waals surface area contributed by atoms with Crippen molar-refractivity contribution >= 4 is 20.6 Å². The molecule has 0 amide bonds. The summed E-state index contributed by atoms with van der Waals surface area (Å²) in [7, 11) is -2.34. The average Bonchev–Trinajstić information content (AvgIpc) is 2.78. The quantitative estimate of drug-likeness (QED) is 0.916. The minimum Gasteiger partial charge on any atom is -0.317 e. The van der Waals surface area contributed by atoms with Crippen LogP contribution in [-0.2, 0) is 20.6 Å². The van der Waals surface area contributed by atoms with Gasteiger partial charge in [0.15, 0.2) is 9.84 Å². The second kappa shape index (κ2) is 5.95. The fourth-order valence-corrected chi connectivity index (χ4v) is 5.15. The fourth-order valence-electron chi connectivity index (χ4n) is 2.83. The molecule has 1 aliphatic rings. The number of nitrogens with one attached hydrogen (secondary N) is 1. The number of sulfone groups is 1. The maximum atomic E-state index is 12.6. The van der Waals surface area contributed by atoms with Crippen molar-refractivity contribution in [3.8, 4) is 0 Å². The van der Waals surface area contributed by atoms with Crippen molar-refractivity contribution in [2.45, 2.75) is 40.8 Å². The Morgan fingerprint density at radius 2 is 1.80 bits per heavy atom. The van der Waals surface area contributed by atoms with Crippen molar-refractivity contribution in [1.82, 2.24) is 5.32 Å². The molecule has 6 heteroatoms. The largest absolute Gasteiger partial charge is 0.317 e. The summed E-state index contributed by atoms with van der Waals surface area (Å²) in [6.45, 7) is 2.13. The SMILES string of the molecule is CNC1CCC(S(=O)c2ccc(S(C)(=O)=O)cc2)C1C. The highest BCUT2D eigenvalue weighted by Gasteiger charge is 2.36. The third-order valence-corrected chi connectivity index (χ3v) is 7.19. The second-order valence-corrected chi connectivity index (χ2v) is 9.10.